The number of benzene rings is 1. The van der Waals surface area contributed by atoms with Crippen LogP contribution >= 0.6 is 32.7 Å². The molecule has 0 N–H and O–H groups in total. The third kappa shape index (κ3) is 4.89. The van der Waals surface area contributed by atoms with Gasteiger partial charge < -0.3 is 7.80 Å². The van der Waals surface area contributed by atoms with Gasteiger partial charge in [0.1, 0.15) is 10.8 Å². The smallest absolute Gasteiger partial charge is 0.417 e. The summed E-state index contributed by atoms with van der Waals surface area (Å²) in [4.78, 5) is 3.64. The van der Waals surface area contributed by atoms with E-state index in [0.717, 1.165) is 17.2 Å². The third-order valence-corrected chi connectivity index (χ3v) is 3.97. The lowest BCUT2D eigenvalue weighted by Crippen LogP contribution is -2.05. The van der Waals surface area contributed by atoms with Crippen LogP contribution in [-0.4, -0.2) is 9.50 Å². The van der Waals surface area contributed by atoms with E-state index in [2.05, 4.69) is 9.50 Å². The van der Waals surface area contributed by atoms with Crippen LogP contribution in [0.5, 0.6) is 11.6 Å². The number of hydrogen-bond donors (Lipinski definition) is 0. The van der Waals surface area contributed by atoms with Gasteiger partial charge in [0.2, 0.25) is 5.88 Å². The van der Waals surface area contributed by atoms with Crippen molar-refractivity contribution in [2.24, 2.45) is 0 Å². The number of nitrogens with zero attached hydrogens (tertiary/aromatic N) is 1. The first-order valence-electron chi connectivity index (χ1n) is 6.31. The molecular weight excluding hydrogens is 446 g/mol. The molecule has 1 aromatic heterocycles. The van der Waals surface area contributed by atoms with Gasteiger partial charge in [0.15, 0.2) is 0 Å². The molecule has 3 nitrogen and oxygen atoms in total. The van der Waals surface area contributed by atoms with Crippen molar-refractivity contribution in [2.45, 2.75) is 19.7 Å². The summed E-state index contributed by atoms with van der Waals surface area (Å²) in [5.41, 5.74) is 1.00. The van der Waals surface area contributed by atoms with E-state index in [1.807, 2.05) is 13.0 Å². The van der Waals surface area contributed by atoms with Crippen LogP contribution in [0.15, 0.2) is 30.5 Å². The Kier molecular flexibility index (Phi) is 5.99. The Morgan fingerprint density at radius 1 is 1.30 bits per heavy atom. The predicted octanol–water partition coefficient (Wildman–Crippen LogP) is 5.69. The van der Waals surface area contributed by atoms with Crippen LogP contribution in [0.4, 0.5) is 13.2 Å². The molecule has 0 atom stereocenters. The van der Waals surface area contributed by atoms with Crippen LogP contribution in [0, 0.1) is 6.92 Å². The van der Waals surface area contributed by atoms with Crippen LogP contribution in [0.3, 0.4) is 0 Å². The molecule has 23 heavy (non-hydrogen) atoms. The van der Waals surface area contributed by atoms with Gasteiger partial charge in [-0.2, -0.15) is 13.2 Å². The summed E-state index contributed by atoms with van der Waals surface area (Å²) in [6.45, 7) is 2.36. The van der Waals surface area contributed by atoms with E-state index < -0.39 is 32.9 Å². The first-order valence-corrected chi connectivity index (χ1v) is 9.10. The molecule has 0 radical (unpaired) electrons. The molecule has 0 saturated carbocycles. The Balaban J connectivity index is 2.19. The maximum Gasteiger partial charge on any atom is 0.417 e. The molecule has 2 rings (SSSR count). The number of hydrogen-bond acceptors (Lipinski definition) is 3. The van der Waals surface area contributed by atoms with E-state index in [9.17, 15) is 13.2 Å². The first-order chi connectivity index (χ1) is 10.8. The Morgan fingerprint density at radius 3 is 2.61 bits per heavy atom. The fourth-order valence-electron chi connectivity index (χ4n) is 1.76. The van der Waals surface area contributed by atoms with Crippen molar-refractivity contribution in [3.8, 4) is 11.6 Å². The van der Waals surface area contributed by atoms with Crippen molar-refractivity contribution in [1.82, 2.24) is 4.98 Å². The second kappa shape index (κ2) is 7.59. The summed E-state index contributed by atoms with van der Waals surface area (Å²) in [6, 6.07) is 6.04. The van der Waals surface area contributed by atoms with E-state index in [-0.39, 0.29) is 10.9 Å². The van der Waals surface area contributed by atoms with Crippen molar-refractivity contribution in [2.75, 3.05) is 0 Å². The second-order valence-electron chi connectivity index (χ2n) is 4.56. The molecule has 0 aliphatic rings. The summed E-state index contributed by atoms with van der Waals surface area (Å²) in [5, 5.41) is -0.202. The van der Waals surface area contributed by atoms with Crippen molar-refractivity contribution < 1.29 is 21.0 Å². The fraction of sp³-hybridized carbons (Fsp3) is 0.200. The van der Waals surface area contributed by atoms with E-state index >= 15 is 0 Å². The van der Waals surface area contributed by atoms with Gasteiger partial charge in [0.05, 0.1) is 12.2 Å². The second-order valence-corrected chi connectivity index (χ2v) is 6.21. The van der Waals surface area contributed by atoms with Gasteiger partial charge in [-0.25, -0.2) is 4.98 Å². The number of alkyl halides is 3. The first kappa shape index (κ1) is 18.2. The van der Waals surface area contributed by atoms with Crippen molar-refractivity contribution in [3.05, 3.63) is 52.2 Å². The Bertz CT molecular complexity index is 722. The zero-order valence-corrected chi connectivity index (χ0v) is 14.9. The highest BCUT2D eigenvalue weighted by atomic mass is 127. The van der Waals surface area contributed by atoms with Crippen LogP contribution < -0.4 is 4.74 Å². The lowest BCUT2D eigenvalue weighted by Gasteiger charge is -2.11. The topological polar surface area (TPSA) is 31.4 Å². The maximum atomic E-state index is 12.6. The Morgan fingerprint density at radius 2 is 2.04 bits per heavy atom. The summed E-state index contributed by atoms with van der Waals surface area (Å²) in [6.07, 6.45) is -3.81. The molecule has 1 heterocycles. The molecule has 0 amide bonds. The van der Waals surface area contributed by atoms with Gasteiger partial charge in [0.25, 0.3) is 0 Å². The summed E-state index contributed by atoms with van der Waals surface area (Å²) < 4.78 is 52.2. The maximum absolute atomic E-state index is 12.6. The monoisotopic (exact) mass is 457 g/mol. The van der Waals surface area contributed by atoms with Gasteiger partial charge in [-0.1, -0.05) is 17.7 Å². The highest BCUT2D eigenvalue weighted by Gasteiger charge is 2.31. The molecule has 0 spiro atoms. The van der Waals surface area contributed by atoms with Gasteiger partial charge in [-0.15, -0.1) is 0 Å². The Labute approximate surface area is 146 Å². The lowest BCUT2D eigenvalue weighted by atomic mass is 10.1. The molecule has 0 fully saturated rings. The quantitative estimate of drug-likeness (QED) is 0.541. The lowest BCUT2D eigenvalue weighted by molar-refractivity contribution is -0.137. The van der Waals surface area contributed by atoms with Crippen molar-refractivity contribution in [1.29, 1.82) is 0 Å². The molecule has 0 bridgehead atoms. The number of ether oxygens (including phenoxy) is 1. The zero-order chi connectivity index (χ0) is 17.0. The molecule has 1 aromatic carbocycles. The van der Waals surface area contributed by atoms with Crippen molar-refractivity contribution in [3.63, 3.8) is 0 Å². The van der Waals surface area contributed by atoms with Gasteiger partial charge in [0, 0.05) is 27.3 Å². The van der Waals surface area contributed by atoms with E-state index in [1.54, 1.807) is 12.1 Å². The van der Waals surface area contributed by atoms with Gasteiger partial charge >= 0.3 is 6.18 Å². The molecule has 0 aliphatic heterocycles. The van der Waals surface area contributed by atoms with E-state index in [0.29, 0.717) is 18.6 Å². The van der Waals surface area contributed by atoms with Crippen LogP contribution in [0.25, 0.3) is 0 Å². The molecule has 2 aromatic rings. The summed E-state index contributed by atoms with van der Waals surface area (Å²) in [7, 11) is 0. The molecular formula is C15H12ClF3INO2. The number of pyridine rings is 1. The average Bonchev–Trinajstić information content (AvgIpc) is 2.47. The van der Waals surface area contributed by atoms with Crippen LogP contribution in [0.2, 0.25) is 5.02 Å². The largest absolute Gasteiger partial charge is 0.438 e. The number of halogens is 5. The SMILES string of the molecule is C=IOCc1ccc(Oc2ncc(C(F)(F)F)cc2Cl)cc1C. The zero-order valence-electron chi connectivity index (χ0n) is 12.0. The summed E-state index contributed by atoms with van der Waals surface area (Å²) in [5.74, 6) is 0.358. The molecule has 0 unspecified atom stereocenters. The normalized spacial score (nSPS) is 11.5. The van der Waals surface area contributed by atoms with Gasteiger partial charge in [-0.05, 0) is 40.8 Å². The predicted molar refractivity (Wildman–Crippen MR) is 91.4 cm³/mol. The number of aromatic nitrogens is 1. The highest BCUT2D eigenvalue weighted by molar-refractivity contribution is 14.2. The van der Waals surface area contributed by atoms with E-state index in [4.69, 9.17) is 19.4 Å². The highest BCUT2D eigenvalue weighted by Crippen LogP contribution is 2.34. The standard InChI is InChI=1S/C15H12ClF3INO2/c1-9-5-12(4-3-10(9)8-22-20-2)23-14-13(16)6-11(7-21-14)15(17,18)19/h3-7H,2,8H2,1H3. The Hall–Kier alpha value is -1.19. The molecule has 0 saturated heterocycles. The number of rotatable bonds is 5. The number of aryl methyl sites for hydroxylation is 1. The third-order valence-electron chi connectivity index (χ3n) is 2.95. The average molecular weight is 458 g/mol. The van der Waals surface area contributed by atoms with Crippen LogP contribution in [0.1, 0.15) is 16.7 Å². The molecule has 0 aliphatic carbocycles. The van der Waals surface area contributed by atoms with E-state index in [1.165, 1.54) is 0 Å². The summed E-state index contributed by atoms with van der Waals surface area (Å²) >= 11 is 5.32. The molecule has 8 heteroatoms. The fourth-order valence-corrected chi connectivity index (χ4v) is 2.52. The minimum absolute atomic E-state index is 0.0771. The van der Waals surface area contributed by atoms with Gasteiger partial charge in [-0.3, -0.25) is 0 Å². The van der Waals surface area contributed by atoms with Crippen LogP contribution in [-0.2, 0) is 15.8 Å². The minimum Gasteiger partial charge on any atom is -0.438 e. The van der Waals surface area contributed by atoms with Crippen molar-refractivity contribution >= 4 is 37.3 Å². The molecule has 124 valence electrons. The minimum atomic E-state index is -4.50.